The topological polar surface area (TPSA) is 66.5 Å². The molecule has 2 aromatic carbocycles. The molecule has 0 radical (unpaired) electrons. The molecule has 0 aliphatic carbocycles. The van der Waals surface area contributed by atoms with Crippen molar-refractivity contribution in [3.8, 4) is 0 Å². The molecule has 1 aliphatic heterocycles. The lowest BCUT2D eigenvalue weighted by Gasteiger charge is -2.18. The summed E-state index contributed by atoms with van der Waals surface area (Å²) in [5.41, 5.74) is 0.823. The van der Waals surface area contributed by atoms with Gasteiger partial charge in [0.05, 0.1) is 21.3 Å². The number of nitrogens with one attached hydrogen (secondary N) is 1. The minimum atomic E-state index is -3.85. The third-order valence-corrected chi connectivity index (χ3v) is 5.39. The Morgan fingerprint density at radius 3 is 2.42 bits per heavy atom. The first-order valence-electron chi connectivity index (χ1n) is 7.25. The molecule has 2 aromatic rings. The molecule has 1 amide bonds. The van der Waals surface area contributed by atoms with Crippen molar-refractivity contribution in [1.29, 1.82) is 0 Å². The van der Waals surface area contributed by atoms with Crippen LogP contribution in [0.3, 0.4) is 0 Å². The van der Waals surface area contributed by atoms with Gasteiger partial charge in [-0.3, -0.25) is 9.52 Å². The fraction of sp³-hybridized carbons (Fsp3) is 0.188. The number of sulfonamides is 1. The van der Waals surface area contributed by atoms with Gasteiger partial charge in [0.15, 0.2) is 0 Å². The lowest BCUT2D eigenvalue weighted by Crippen LogP contribution is -2.24. The van der Waals surface area contributed by atoms with E-state index in [2.05, 4.69) is 4.72 Å². The Labute approximate surface area is 144 Å². The summed E-state index contributed by atoms with van der Waals surface area (Å²) in [5.74, 6) is -0.520. The molecule has 3 rings (SSSR count). The number of hydrogen-bond donors (Lipinski definition) is 1. The van der Waals surface area contributed by atoms with Crippen LogP contribution < -0.4 is 9.62 Å². The molecule has 1 aliphatic rings. The number of benzene rings is 2. The Bertz CT molecular complexity index is 885. The van der Waals surface area contributed by atoms with Crippen LogP contribution in [0.15, 0.2) is 47.4 Å². The molecule has 1 N–H and O–H groups in total. The Morgan fingerprint density at radius 2 is 1.83 bits per heavy atom. The fourth-order valence-corrected chi connectivity index (χ4v) is 3.85. The Kier molecular flexibility index (Phi) is 4.47. The molecular weight excluding hydrogens is 355 g/mol. The monoisotopic (exact) mass is 368 g/mol. The molecule has 0 saturated carbocycles. The highest BCUT2D eigenvalue weighted by molar-refractivity contribution is 7.92. The molecule has 1 heterocycles. The van der Waals surface area contributed by atoms with E-state index >= 15 is 0 Å². The quantitative estimate of drug-likeness (QED) is 0.899. The smallest absolute Gasteiger partial charge is 0.261 e. The van der Waals surface area contributed by atoms with Crippen LogP contribution in [0.5, 0.6) is 0 Å². The number of anilines is 2. The molecular formula is C16H14ClFN2O3S. The number of rotatable bonds is 4. The lowest BCUT2D eigenvalue weighted by molar-refractivity contribution is -0.117. The molecule has 24 heavy (non-hydrogen) atoms. The van der Waals surface area contributed by atoms with Gasteiger partial charge < -0.3 is 4.90 Å². The summed E-state index contributed by atoms with van der Waals surface area (Å²) < 4.78 is 39.9. The van der Waals surface area contributed by atoms with Gasteiger partial charge in [-0.15, -0.1) is 0 Å². The van der Waals surface area contributed by atoms with Crippen molar-refractivity contribution >= 4 is 38.9 Å². The summed E-state index contributed by atoms with van der Waals surface area (Å²) in [5, 5.41) is 0.282. The maximum Gasteiger partial charge on any atom is 0.261 e. The van der Waals surface area contributed by atoms with E-state index in [0.717, 1.165) is 18.6 Å². The maximum absolute atomic E-state index is 12.9. The highest BCUT2D eigenvalue weighted by atomic mass is 35.5. The number of carbonyl (C=O) groups excluding carboxylic acids is 1. The van der Waals surface area contributed by atoms with E-state index in [1.54, 1.807) is 11.0 Å². The Hall–Kier alpha value is -2.12. The van der Waals surface area contributed by atoms with Crippen molar-refractivity contribution in [2.45, 2.75) is 17.7 Å². The van der Waals surface area contributed by atoms with E-state index in [9.17, 15) is 17.6 Å². The predicted octanol–water partition coefficient (Wildman–Crippen LogP) is 3.41. The average molecular weight is 369 g/mol. The third-order valence-electron chi connectivity index (χ3n) is 3.69. The van der Waals surface area contributed by atoms with Crippen molar-refractivity contribution < 1.29 is 17.6 Å². The van der Waals surface area contributed by atoms with E-state index in [1.807, 2.05) is 0 Å². The molecule has 1 fully saturated rings. The second-order valence-corrected chi connectivity index (χ2v) is 7.46. The summed E-state index contributed by atoms with van der Waals surface area (Å²) in [6.45, 7) is 0.596. The molecule has 0 spiro atoms. The Balaban J connectivity index is 1.84. The van der Waals surface area contributed by atoms with Gasteiger partial charge in [0, 0.05) is 13.0 Å². The summed E-state index contributed by atoms with van der Waals surface area (Å²) in [6, 6.07) is 9.09. The first-order valence-corrected chi connectivity index (χ1v) is 9.11. The third kappa shape index (κ3) is 3.37. The van der Waals surface area contributed by atoms with Gasteiger partial charge in [-0.05, 0) is 48.9 Å². The van der Waals surface area contributed by atoms with Crippen LogP contribution in [-0.4, -0.2) is 20.9 Å². The average Bonchev–Trinajstić information content (AvgIpc) is 2.93. The largest absolute Gasteiger partial charge is 0.311 e. The maximum atomic E-state index is 12.9. The first-order chi connectivity index (χ1) is 11.4. The van der Waals surface area contributed by atoms with Gasteiger partial charge >= 0.3 is 0 Å². The minimum Gasteiger partial charge on any atom is -0.311 e. The SMILES string of the molecule is O=C1CCCN1c1ccc(NS(=O)(=O)c2ccc(F)cc2)cc1Cl. The first kappa shape index (κ1) is 16.7. The number of nitrogens with zero attached hydrogens (tertiary/aromatic N) is 1. The molecule has 1 saturated heterocycles. The standard InChI is InChI=1S/C16H14ClFN2O3S/c17-14-10-12(5-8-15(14)20-9-1-2-16(20)21)19-24(22,23)13-6-3-11(18)4-7-13/h3-8,10,19H,1-2,9H2. The van der Waals surface area contributed by atoms with Crippen molar-refractivity contribution in [2.75, 3.05) is 16.2 Å². The minimum absolute atomic E-state index is 0.00320. The van der Waals surface area contributed by atoms with Gasteiger partial charge in [-0.2, -0.15) is 0 Å². The van der Waals surface area contributed by atoms with Crippen LogP contribution in [0.2, 0.25) is 5.02 Å². The van der Waals surface area contributed by atoms with E-state index in [4.69, 9.17) is 11.6 Å². The van der Waals surface area contributed by atoms with Crippen LogP contribution in [-0.2, 0) is 14.8 Å². The van der Waals surface area contributed by atoms with Gasteiger partial charge in [-0.25, -0.2) is 12.8 Å². The lowest BCUT2D eigenvalue weighted by atomic mass is 10.2. The molecule has 5 nitrogen and oxygen atoms in total. The summed E-state index contributed by atoms with van der Waals surface area (Å²) in [4.78, 5) is 13.3. The molecule has 0 atom stereocenters. The second kappa shape index (κ2) is 6.41. The molecule has 0 unspecified atom stereocenters. The number of carbonyl (C=O) groups is 1. The van der Waals surface area contributed by atoms with Crippen LogP contribution >= 0.6 is 11.6 Å². The fourth-order valence-electron chi connectivity index (χ4n) is 2.52. The van der Waals surface area contributed by atoms with Crippen molar-refractivity contribution in [1.82, 2.24) is 0 Å². The Morgan fingerprint density at radius 1 is 1.12 bits per heavy atom. The van der Waals surface area contributed by atoms with Crippen LogP contribution in [0.25, 0.3) is 0 Å². The molecule has 0 aromatic heterocycles. The predicted molar refractivity (Wildman–Crippen MR) is 90.2 cm³/mol. The van der Waals surface area contributed by atoms with Crippen molar-refractivity contribution in [2.24, 2.45) is 0 Å². The summed E-state index contributed by atoms with van der Waals surface area (Å²) in [6.07, 6.45) is 1.25. The van der Waals surface area contributed by atoms with Crippen LogP contribution in [0.4, 0.5) is 15.8 Å². The molecule has 0 bridgehead atoms. The van der Waals surface area contributed by atoms with Gasteiger partial charge in [0.25, 0.3) is 10.0 Å². The number of amides is 1. The number of hydrogen-bond acceptors (Lipinski definition) is 3. The highest BCUT2D eigenvalue weighted by Crippen LogP contribution is 2.32. The zero-order valence-electron chi connectivity index (χ0n) is 12.5. The second-order valence-electron chi connectivity index (χ2n) is 5.37. The summed E-state index contributed by atoms with van der Waals surface area (Å²) in [7, 11) is -3.85. The van der Waals surface area contributed by atoms with E-state index in [-0.39, 0.29) is 21.5 Å². The molecule has 8 heteroatoms. The van der Waals surface area contributed by atoms with Gasteiger partial charge in [0.2, 0.25) is 5.91 Å². The van der Waals surface area contributed by atoms with Crippen molar-refractivity contribution in [3.63, 3.8) is 0 Å². The zero-order valence-corrected chi connectivity index (χ0v) is 14.1. The molecule has 126 valence electrons. The van der Waals surface area contributed by atoms with E-state index < -0.39 is 15.8 Å². The van der Waals surface area contributed by atoms with E-state index in [0.29, 0.717) is 18.7 Å². The van der Waals surface area contributed by atoms with Gasteiger partial charge in [0.1, 0.15) is 5.82 Å². The van der Waals surface area contributed by atoms with Crippen molar-refractivity contribution in [3.05, 3.63) is 53.3 Å². The van der Waals surface area contributed by atoms with Gasteiger partial charge in [-0.1, -0.05) is 11.6 Å². The normalized spacial score (nSPS) is 14.9. The summed E-state index contributed by atoms with van der Waals surface area (Å²) >= 11 is 6.19. The van der Waals surface area contributed by atoms with E-state index in [1.165, 1.54) is 24.3 Å². The number of halogens is 2. The van der Waals surface area contributed by atoms with Crippen LogP contribution in [0.1, 0.15) is 12.8 Å². The zero-order chi connectivity index (χ0) is 17.3. The van der Waals surface area contributed by atoms with Crippen LogP contribution in [0, 0.1) is 5.82 Å². The highest BCUT2D eigenvalue weighted by Gasteiger charge is 2.24.